The van der Waals surface area contributed by atoms with Crippen molar-refractivity contribution in [2.75, 3.05) is 19.7 Å². The molecule has 15 heavy (non-hydrogen) atoms. The lowest BCUT2D eigenvalue weighted by Gasteiger charge is -2.10. The van der Waals surface area contributed by atoms with Gasteiger partial charge in [0.1, 0.15) is 0 Å². The predicted molar refractivity (Wildman–Crippen MR) is 55.2 cm³/mol. The molecule has 2 amide bonds. The largest absolute Gasteiger partial charge is 0.377 e. The zero-order chi connectivity index (χ0) is 11.3. The molecule has 0 saturated carbocycles. The third-order valence-corrected chi connectivity index (χ3v) is 2.20. The van der Waals surface area contributed by atoms with E-state index in [9.17, 15) is 9.59 Å². The van der Waals surface area contributed by atoms with Crippen LogP contribution in [0.3, 0.4) is 0 Å². The maximum absolute atomic E-state index is 11.5. The van der Waals surface area contributed by atoms with Crippen molar-refractivity contribution in [1.82, 2.24) is 10.6 Å². The average Bonchev–Trinajstić information content (AvgIpc) is 2.59. The van der Waals surface area contributed by atoms with Gasteiger partial charge in [-0.15, -0.1) is 0 Å². The highest BCUT2D eigenvalue weighted by Crippen LogP contribution is 2.08. The number of hydrogen-bond acceptors (Lipinski definition) is 3. The third-order valence-electron chi connectivity index (χ3n) is 2.20. The Morgan fingerprint density at radius 1 is 1.67 bits per heavy atom. The van der Waals surface area contributed by atoms with Gasteiger partial charge in [0.15, 0.2) is 0 Å². The third kappa shape index (κ3) is 4.29. The van der Waals surface area contributed by atoms with Gasteiger partial charge in [0.05, 0.1) is 18.6 Å². The van der Waals surface area contributed by atoms with Crippen LogP contribution in [0.15, 0.2) is 0 Å². The first-order valence-corrected chi connectivity index (χ1v) is 5.25. The number of hydrogen-bond donors (Lipinski definition) is 2. The van der Waals surface area contributed by atoms with Crippen molar-refractivity contribution >= 4 is 11.8 Å². The molecule has 0 bridgehead atoms. The molecule has 1 fully saturated rings. The fourth-order valence-electron chi connectivity index (χ4n) is 1.40. The molecule has 0 aromatic rings. The second kappa shape index (κ2) is 5.70. The molecule has 5 heteroatoms. The molecule has 0 aromatic heterocycles. The number of nitrogens with one attached hydrogen (secondary N) is 2. The lowest BCUT2D eigenvalue weighted by Crippen LogP contribution is -2.34. The zero-order valence-electron chi connectivity index (χ0n) is 9.21. The minimum atomic E-state index is -0.212. The normalized spacial score (nSPS) is 20.5. The number of carbonyl (C=O) groups is 2. The molecular formula is C10H18N2O3. The van der Waals surface area contributed by atoms with Crippen LogP contribution in [0.2, 0.25) is 0 Å². The van der Waals surface area contributed by atoms with Crippen LogP contribution >= 0.6 is 0 Å². The van der Waals surface area contributed by atoms with Gasteiger partial charge < -0.3 is 15.4 Å². The van der Waals surface area contributed by atoms with E-state index in [4.69, 9.17) is 4.74 Å². The van der Waals surface area contributed by atoms with Gasteiger partial charge in [-0.25, -0.2) is 0 Å². The molecule has 1 aliphatic heterocycles. The van der Waals surface area contributed by atoms with Gasteiger partial charge in [-0.05, 0) is 13.8 Å². The molecule has 1 saturated heterocycles. The molecule has 2 N–H and O–H groups in total. The van der Waals surface area contributed by atoms with Gasteiger partial charge in [-0.1, -0.05) is 0 Å². The summed E-state index contributed by atoms with van der Waals surface area (Å²) in [5.41, 5.74) is 0. The maximum atomic E-state index is 11.5. The Hall–Kier alpha value is -1.10. The van der Waals surface area contributed by atoms with Crippen molar-refractivity contribution in [2.45, 2.75) is 26.4 Å². The van der Waals surface area contributed by atoms with Gasteiger partial charge >= 0.3 is 0 Å². The van der Waals surface area contributed by atoms with Crippen LogP contribution < -0.4 is 10.6 Å². The van der Waals surface area contributed by atoms with E-state index in [0.717, 1.165) is 0 Å². The molecule has 0 spiro atoms. The molecule has 1 rings (SSSR count). The Balaban J connectivity index is 2.11. The van der Waals surface area contributed by atoms with Crippen LogP contribution in [-0.4, -0.2) is 37.6 Å². The molecule has 0 aromatic carbocycles. The maximum Gasteiger partial charge on any atom is 0.225 e. The number of ether oxygens (including phenoxy) is 1. The summed E-state index contributed by atoms with van der Waals surface area (Å²) in [6.45, 7) is 5.36. The van der Waals surface area contributed by atoms with Crippen molar-refractivity contribution in [3.63, 3.8) is 0 Å². The first kappa shape index (κ1) is 12.0. The SMILES string of the molecule is CC(C)OCCNC(=O)C1CNC(=O)C1. The van der Waals surface area contributed by atoms with Crippen LogP contribution in [-0.2, 0) is 14.3 Å². The van der Waals surface area contributed by atoms with E-state index in [1.807, 2.05) is 13.8 Å². The topological polar surface area (TPSA) is 67.4 Å². The molecule has 0 radical (unpaired) electrons. The first-order valence-electron chi connectivity index (χ1n) is 5.25. The first-order chi connectivity index (χ1) is 7.09. The van der Waals surface area contributed by atoms with E-state index in [0.29, 0.717) is 26.1 Å². The zero-order valence-corrected chi connectivity index (χ0v) is 9.21. The second-order valence-electron chi connectivity index (χ2n) is 3.92. The highest BCUT2D eigenvalue weighted by molar-refractivity contribution is 5.89. The van der Waals surface area contributed by atoms with E-state index in [2.05, 4.69) is 10.6 Å². The fourth-order valence-corrected chi connectivity index (χ4v) is 1.40. The number of rotatable bonds is 5. The van der Waals surface area contributed by atoms with Gasteiger partial charge in [-0.2, -0.15) is 0 Å². The number of amides is 2. The Bertz CT molecular complexity index is 241. The predicted octanol–water partition coefficient (Wildman–Crippen LogP) is -0.336. The smallest absolute Gasteiger partial charge is 0.225 e. The van der Waals surface area contributed by atoms with E-state index in [1.165, 1.54) is 0 Å². The minimum Gasteiger partial charge on any atom is -0.377 e. The van der Waals surface area contributed by atoms with Gasteiger partial charge in [0, 0.05) is 19.5 Å². The van der Waals surface area contributed by atoms with Crippen LogP contribution in [0.1, 0.15) is 20.3 Å². The molecule has 1 atom stereocenters. The monoisotopic (exact) mass is 214 g/mol. The molecular weight excluding hydrogens is 196 g/mol. The van der Waals surface area contributed by atoms with E-state index < -0.39 is 0 Å². The molecule has 86 valence electrons. The Labute approximate surface area is 89.6 Å². The van der Waals surface area contributed by atoms with Crippen molar-refractivity contribution in [1.29, 1.82) is 0 Å². The highest BCUT2D eigenvalue weighted by Gasteiger charge is 2.27. The van der Waals surface area contributed by atoms with Crippen molar-refractivity contribution in [3.8, 4) is 0 Å². The summed E-state index contributed by atoms with van der Waals surface area (Å²) in [5.74, 6) is -0.328. The van der Waals surface area contributed by atoms with Crippen LogP contribution in [0, 0.1) is 5.92 Å². The van der Waals surface area contributed by atoms with Gasteiger partial charge in [-0.3, -0.25) is 9.59 Å². The summed E-state index contributed by atoms with van der Waals surface area (Å²) >= 11 is 0. The Morgan fingerprint density at radius 2 is 2.40 bits per heavy atom. The molecule has 0 aliphatic carbocycles. The summed E-state index contributed by atoms with van der Waals surface area (Å²) < 4.78 is 5.28. The molecule has 1 unspecified atom stereocenters. The van der Waals surface area contributed by atoms with E-state index in [-0.39, 0.29) is 23.8 Å². The van der Waals surface area contributed by atoms with Gasteiger partial charge in [0.25, 0.3) is 0 Å². The number of carbonyl (C=O) groups excluding carboxylic acids is 2. The van der Waals surface area contributed by atoms with Crippen molar-refractivity contribution < 1.29 is 14.3 Å². The fraction of sp³-hybridized carbons (Fsp3) is 0.800. The van der Waals surface area contributed by atoms with Gasteiger partial charge in [0.2, 0.25) is 11.8 Å². The summed E-state index contributed by atoms with van der Waals surface area (Å²) in [6.07, 6.45) is 0.480. The summed E-state index contributed by atoms with van der Waals surface area (Å²) in [4.78, 5) is 22.3. The van der Waals surface area contributed by atoms with Crippen LogP contribution in [0.25, 0.3) is 0 Å². The summed E-state index contributed by atoms with van der Waals surface area (Å²) in [6, 6.07) is 0. The standard InChI is InChI=1S/C10H18N2O3/c1-7(2)15-4-3-11-10(14)8-5-9(13)12-6-8/h7-8H,3-6H2,1-2H3,(H,11,14)(H,12,13). The minimum absolute atomic E-state index is 0.0476. The van der Waals surface area contributed by atoms with Crippen molar-refractivity contribution in [3.05, 3.63) is 0 Å². The van der Waals surface area contributed by atoms with Crippen molar-refractivity contribution in [2.24, 2.45) is 5.92 Å². The lowest BCUT2D eigenvalue weighted by molar-refractivity contribution is -0.126. The highest BCUT2D eigenvalue weighted by atomic mass is 16.5. The van der Waals surface area contributed by atoms with E-state index in [1.54, 1.807) is 0 Å². The molecule has 5 nitrogen and oxygen atoms in total. The van der Waals surface area contributed by atoms with Crippen LogP contribution in [0.4, 0.5) is 0 Å². The lowest BCUT2D eigenvalue weighted by atomic mass is 10.1. The molecule has 1 aliphatic rings. The summed E-state index contributed by atoms with van der Waals surface area (Å²) in [5, 5.41) is 5.37. The Morgan fingerprint density at radius 3 is 2.93 bits per heavy atom. The van der Waals surface area contributed by atoms with E-state index >= 15 is 0 Å². The summed E-state index contributed by atoms with van der Waals surface area (Å²) in [7, 11) is 0. The molecule has 1 heterocycles. The average molecular weight is 214 g/mol. The quantitative estimate of drug-likeness (QED) is 0.615. The second-order valence-corrected chi connectivity index (χ2v) is 3.92. The van der Waals surface area contributed by atoms with Crippen LogP contribution in [0.5, 0.6) is 0 Å². The Kier molecular flexibility index (Phi) is 4.55.